The topological polar surface area (TPSA) is 38.3 Å². The Labute approximate surface area is 163 Å². The lowest BCUT2D eigenvalue weighted by atomic mass is 9.95. The lowest BCUT2D eigenvalue weighted by Crippen LogP contribution is -2.15. The highest BCUT2D eigenvalue weighted by Gasteiger charge is 2.39. The number of ketones is 1. The van der Waals surface area contributed by atoms with Gasteiger partial charge in [-0.15, -0.1) is 11.8 Å². The first-order valence-electron chi connectivity index (χ1n) is 8.51. The van der Waals surface area contributed by atoms with Gasteiger partial charge < -0.3 is 10.1 Å². The average Bonchev–Trinajstić information content (AvgIpc) is 2.98. The molecule has 3 nitrogen and oxygen atoms in total. The molecule has 1 N–H and O–H groups in total. The van der Waals surface area contributed by atoms with Crippen molar-refractivity contribution in [1.82, 2.24) is 5.32 Å². The van der Waals surface area contributed by atoms with Crippen LogP contribution in [0.15, 0.2) is 54.4 Å². The van der Waals surface area contributed by atoms with E-state index >= 15 is 0 Å². The molecule has 0 amide bonds. The van der Waals surface area contributed by atoms with Crippen LogP contribution in [0.3, 0.4) is 0 Å². The molecule has 0 saturated carbocycles. The summed E-state index contributed by atoms with van der Waals surface area (Å²) in [5.41, 5.74) is -0.780. The van der Waals surface area contributed by atoms with Gasteiger partial charge in [-0.1, -0.05) is 37.3 Å². The minimum Gasteiger partial charge on any atom is -0.462 e. The van der Waals surface area contributed by atoms with Gasteiger partial charge in [0.1, 0.15) is 5.82 Å². The Hall–Kier alpha value is -2.48. The zero-order chi connectivity index (χ0) is 20.3. The molecule has 1 heterocycles. The summed E-state index contributed by atoms with van der Waals surface area (Å²) >= 11 is 1.51. The van der Waals surface area contributed by atoms with Crippen molar-refractivity contribution in [3.05, 3.63) is 76.9 Å². The fourth-order valence-electron chi connectivity index (χ4n) is 2.84. The van der Waals surface area contributed by atoms with Crippen LogP contribution in [0, 0.1) is 5.82 Å². The van der Waals surface area contributed by atoms with E-state index in [2.05, 4.69) is 5.32 Å². The van der Waals surface area contributed by atoms with Gasteiger partial charge in [0.25, 0.3) is 0 Å². The lowest BCUT2D eigenvalue weighted by molar-refractivity contribution is -0.137. The number of thioether (sulfide) groups is 1. The second-order valence-corrected chi connectivity index (χ2v) is 7.25. The number of alkyl halides is 3. The molecule has 1 aliphatic heterocycles. The Kier molecular flexibility index (Phi) is 5.98. The molecule has 2 aromatic rings. The first kappa shape index (κ1) is 20.3. The summed E-state index contributed by atoms with van der Waals surface area (Å²) in [7, 11) is 0. The maximum Gasteiger partial charge on any atom is 0.416 e. The molecule has 3 rings (SSSR count). The van der Waals surface area contributed by atoms with Crippen LogP contribution in [0.4, 0.5) is 17.6 Å². The molecule has 0 bridgehead atoms. The molecule has 2 aromatic carbocycles. The van der Waals surface area contributed by atoms with Gasteiger partial charge in [-0.3, -0.25) is 4.79 Å². The second-order valence-electron chi connectivity index (χ2n) is 5.98. The Morgan fingerprint density at radius 1 is 1.14 bits per heavy atom. The van der Waals surface area contributed by atoms with E-state index in [1.807, 2.05) is 6.92 Å². The van der Waals surface area contributed by atoms with E-state index in [-0.39, 0.29) is 22.6 Å². The fraction of sp³-hybridized carbons (Fsp3) is 0.250. The third kappa shape index (κ3) is 4.16. The number of hydrogen-bond donors (Lipinski definition) is 1. The van der Waals surface area contributed by atoms with Crippen molar-refractivity contribution in [3.63, 3.8) is 0 Å². The predicted molar refractivity (Wildman–Crippen MR) is 99.7 cm³/mol. The molecule has 0 aliphatic carbocycles. The molecular formula is C20H17F4NO2S. The number of Topliss-reactive ketones (excluding diaryl/α,β-unsaturated/α-hetero) is 1. The third-order valence-corrected chi connectivity index (χ3v) is 4.91. The number of benzene rings is 2. The van der Waals surface area contributed by atoms with E-state index in [0.717, 1.165) is 17.9 Å². The minimum absolute atomic E-state index is 0.0175. The summed E-state index contributed by atoms with van der Waals surface area (Å²) in [6, 6.07) is 10.1. The van der Waals surface area contributed by atoms with Crippen LogP contribution in [-0.4, -0.2) is 17.4 Å². The van der Waals surface area contributed by atoms with Crippen LogP contribution in [0.1, 0.15) is 29.7 Å². The van der Waals surface area contributed by atoms with Gasteiger partial charge in [0, 0.05) is 5.56 Å². The molecular weight excluding hydrogens is 394 g/mol. The van der Waals surface area contributed by atoms with Crippen molar-refractivity contribution in [2.24, 2.45) is 0 Å². The Bertz CT molecular complexity index is 911. The SMILES string of the molecule is CCSCNC1=C(c2cccc(C(F)(F)F)c2)C(=O)C(c2ccccc2F)O1. The van der Waals surface area contributed by atoms with E-state index in [9.17, 15) is 22.4 Å². The first-order chi connectivity index (χ1) is 13.3. The van der Waals surface area contributed by atoms with E-state index in [0.29, 0.717) is 5.88 Å². The van der Waals surface area contributed by atoms with Crippen molar-refractivity contribution < 1.29 is 27.1 Å². The summed E-state index contributed by atoms with van der Waals surface area (Å²) in [5, 5.41) is 2.93. The number of halogens is 4. The van der Waals surface area contributed by atoms with Crippen molar-refractivity contribution in [3.8, 4) is 0 Å². The number of hydrogen-bond acceptors (Lipinski definition) is 4. The summed E-state index contributed by atoms with van der Waals surface area (Å²) in [6.07, 6.45) is -5.80. The van der Waals surface area contributed by atoms with Gasteiger partial charge in [0.15, 0.2) is 12.0 Å². The van der Waals surface area contributed by atoms with Crippen molar-refractivity contribution in [2.75, 3.05) is 11.6 Å². The van der Waals surface area contributed by atoms with Gasteiger partial charge in [0.05, 0.1) is 17.0 Å². The maximum absolute atomic E-state index is 14.2. The molecule has 8 heteroatoms. The molecule has 1 aliphatic rings. The minimum atomic E-state index is -4.55. The Morgan fingerprint density at radius 3 is 2.57 bits per heavy atom. The average molecular weight is 411 g/mol. The Balaban J connectivity index is 2.02. The van der Waals surface area contributed by atoms with E-state index in [1.165, 1.54) is 42.1 Å². The van der Waals surface area contributed by atoms with Crippen LogP contribution < -0.4 is 5.32 Å². The molecule has 1 unspecified atom stereocenters. The van der Waals surface area contributed by atoms with Crippen molar-refractivity contribution in [1.29, 1.82) is 0 Å². The highest BCUT2D eigenvalue weighted by atomic mass is 32.2. The normalized spacial score (nSPS) is 17.0. The van der Waals surface area contributed by atoms with E-state index in [4.69, 9.17) is 4.74 Å². The highest BCUT2D eigenvalue weighted by Crippen LogP contribution is 2.39. The van der Waals surface area contributed by atoms with Crippen LogP contribution in [0.2, 0.25) is 0 Å². The molecule has 0 spiro atoms. The summed E-state index contributed by atoms with van der Waals surface area (Å²) in [5.74, 6) is 0.0375. The number of carbonyl (C=O) groups is 1. The van der Waals surface area contributed by atoms with Crippen LogP contribution in [0.5, 0.6) is 0 Å². The molecule has 0 fully saturated rings. The van der Waals surface area contributed by atoms with Crippen molar-refractivity contribution >= 4 is 23.1 Å². The molecule has 1 atom stereocenters. The van der Waals surface area contributed by atoms with Crippen LogP contribution >= 0.6 is 11.8 Å². The molecule has 0 saturated heterocycles. The van der Waals surface area contributed by atoms with E-state index < -0.39 is 29.4 Å². The quantitative estimate of drug-likeness (QED) is 0.405. The van der Waals surface area contributed by atoms with Gasteiger partial charge in [-0.25, -0.2) is 4.39 Å². The van der Waals surface area contributed by atoms with E-state index in [1.54, 1.807) is 6.07 Å². The summed E-state index contributed by atoms with van der Waals surface area (Å²) in [4.78, 5) is 13.0. The van der Waals surface area contributed by atoms with Crippen LogP contribution in [0.25, 0.3) is 5.57 Å². The highest BCUT2D eigenvalue weighted by molar-refractivity contribution is 7.99. The third-order valence-electron chi connectivity index (χ3n) is 4.15. The predicted octanol–water partition coefficient (Wildman–Crippen LogP) is 5.15. The Morgan fingerprint density at radius 2 is 1.89 bits per heavy atom. The first-order valence-corrected chi connectivity index (χ1v) is 9.67. The number of rotatable bonds is 6. The van der Waals surface area contributed by atoms with Gasteiger partial charge in [0.2, 0.25) is 5.78 Å². The fourth-order valence-corrected chi connectivity index (χ4v) is 3.28. The molecule has 0 aromatic heterocycles. The molecule has 0 radical (unpaired) electrons. The number of nitrogens with one attached hydrogen (secondary N) is 1. The number of ether oxygens (including phenoxy) is 1. The second kappa shape index (κ2) is 8.26. The summed E-state index contributed by atoms with van der Waals surface area (Å²) in [6.45, 7) is 1.94. The van der Waals surface area contributed by atoms with Gasteiger partial charge in [-0.05, 0) is 29.5 Å². The van der Waals surface area contributed by atoms with Crippen LogP contribution in [-0.2, 0) is 15.7 Å². The van der Waals surface area contributed by atoms with Gasteiger partial charge >= 0.3 is 6.18 Å². The molecule has 148 valence electrons. The monoisotopic (exact) mass is 411 g/mol. The zero-order valence-corrected chi connectivity index (χ0v) is 15.7. The summed E-state index contributed by atoms with van der Waals surface area (Å²) < 4.78 is 59.1. The van der Waals surface area contributed by atoms with Gasteiger partial charge in [-0.2, -0.15) is 13.2 Å². The van der Waals surface area contributed by atoms with Crippen molar-refractivity contribution in [2.45, 2.75) is 19.2 Å². The molecule has 28 heavy (non-hydrogen) atoms. The zero-order valence-electron chi connectivity index (χ0n) is 14.8. The largest absolute Gasteiger partial charge is 0.462 e. The smallest absolute Gasteiger partial charge is 0.416 e. The number of carbonyl (C=O) groups excluding carboxylic acids is 1. The standard InChI is InChI=1S/C20H17F4NO2S/c1-2-28-11-25-19-16(12-6-5-7-13(10-12)20(22,23)24)17(26)18(27-19)14-8-3-4-9-15(14)21/h3-10,18,25H,2,11H2,1H3. The lowest BCUT2D eigenvalue weighted by Gasteiger charge is -2.13. The maximum atomic E-state index is 14.2.